The Morgan fingerprint density at radius 3 is 2.63 bits per heavy atom. The molecule has 1 fully saturated rings. The van der Waals surface area contributed by atoms with Crippen molar-refractivity contribution in [1.29, 1.82) is 0 Å². The summed E-state index contributed by atoms with van der Waals surface area (Å²) in [6.45, 7) is 2.15. The van der Waals surface area contributed by atoms with Gasteiger partial charge in [-0.3, -0.25) is 4.79 Å². The molecule has 0 aromatic heterocycles. The highest BCUT2D eigenvalue weighted by molar-refractivity contribution is 6.07. The molecule has 3 rings (SSSR count). The predicted octanol–water partition coefficient (Wildman–Crippen LogP) is 3.89. The lowest BCUT2D eigenvalue weighted by Gasteiger charge is -2.30. The second-order valence-corrected chi connectivity index (χ2v) is 6.42. The van der Waals surface area contributed by atoms with Gasteiger partial charge in [0.2, 0.25) is 5.91 Å². The molecular weight excluding hydrogens is 234 g/mol. The van der Waals surface area contributed by atoms with Gasteiger partial charge in [0.25, 0.3) is 0 Å². The van der Waals surface area contributed by atoms with Gasteiger partial charge >= 0.3 is 0 Å². The van der Waals surface area contributed by atoms with Crippen molar-refractivity contribution in [2.75, 3.05) is 11.9 Å². The molecule has 1 atom stereocenters. The van der Waals surface area contributed by atoms with Crippen molar-refractivity contribution < 1.29 is 4.79 Å². The molecule has 19 heavy (non-hydrogen) atoms. The highest BCUT2D eigenvalue weighted by Crippen LogP contribution is 2.46. The first-order valence-electron chi connectivity index (χ1n) is 7.50. The summed E-state index contributed by atoms with van der Waals surface area (Å²) < 4.78 is 0. The van der Waals surface area contributed by atoms with Crippen molar-refractivity contribution in [3.8, 4) is 0 Å². The maximum atomic E-state index is 12.7. The molecular formula is C17H23NO. The third-order valence-electron chi connectivity index (χ3n) is 5.06. The van der Waals surface area contributed by atoms with E-state index in [1.165, 1.54) is 37.7 Å². The molecule has 0 bridgehead atoms. The zero-order chi connectivity index (χ0) is 13.5. The van der Waals surface area contributed by atoms with Crippen LogP contribution in [0.3, 0.4) is 0 Å². The molecule has 2 nitrogen and oxygen atoms in total. The SMILES string of the molecule is CN1C(=O)[C@](C)(CC2CCCCC2)c2ccccc21. The summed E-state index contributed by atoms with van der Waals surface area (Å²) >= 11 is 0. The lowest BCUT2D eigenvalue weighted by atomic mass is 9.72. The lowest BCUT2D eigenvalue weighted by molar-refractivity contribution is -0.123. The number of anilines is 1. The topological polar surface area (TPSA) is 20.3 Å². The first-order chi connectivity index (χ1) is 9.13. The molecule has 102 valence electrons. The van der Waals surface area contributed by atoms with Crippen LogP contribution in [-0.4, -0.2) is 13.0 Å². The molecule has 1 aliphatic heterocycles. The molecule has 2 heteroatoms. The van der Waals surface area contributed by atoms with E-state index in [1.54, 1.807) is 0 Å². The van der Waals surface area contributed by atoms with E-state index >= 15 is 0 Å². The number of amides is 1. The van der Waals surface area contributed by atoms with Gasteiger partial charge in [0.1, 0.15) is 0 Å². The number of fused-ring (bicyclic) bond motifs is 1. The summed E-state index contributed by atoms with van der Waals surface area (Å²) in [6, 6.07) is 8.29. The first kappa shape index (κ1) is 12.7. The molecule has 0 radical (unpaired) electrons. The number of hydrogen-bond donors (Lipinski definition) is 0. The number of para-hydroxylation sites is 1. The van der Waals surface area contributed by atoms with Gasteiger partial charge in [0, 0.05) is 12.7 Å². The minimum atomic E-state index is -0.298. The quantitative estimate of drug-likeness (QED) is 0.787. The van der Waals surface area contributed by atoms with Crippen molar-refractivity contribution in [1.82, 2.24) is 0 Å². The fourth-order valence-electron chi connectivity index (χ4n) is 3.99. The molecule has 1 aromatic carbocycles. The van der Waals surface area contributed by atoms with Gasteiger partial charge in [-0.15, -0.1) is 0 Å². The van der Waals surface area contributed by atoms with Crippen LogP contribution in [0.4, 0.5) is 5.69 Å². The van der Waals surface area contributed by atoms with Crippen LogP contribution >= 0.6 is 0 Å². The van der Waals surface area contributed by atoms with Crippen LogP contribution < -0.4 is 4.90 Å². The minimum absolute atomic E-state index is 0.277. The fraction of sp³-hybridized carbons (Fsp3) is 0.588. The number of hydrogen-bond acceptors (Lipinski definition) is 1. The Kier molecular flexibility index (Phi) is 3.12. The van der Waals surface area contributed by atoms with E-state index in [0.717, 1.165) is 18.0 Å². The second kappa shape index (κ2) is 4.66. The summed E-state index contributed by atoms with van der Waals surface area (Å²) in [4.78, 5) is 14.5. The number of rotatable bonds is 2. The Bertz CT molecular complexity index is 490. The smallest absolute Gasteiger partial charge is 0.237 e. The highest BCUT2D eigenvalue weighted by atomic mass is 16.2. The number of benzene rings is 1. The average Bonchev–Trinajstić information content (AvgIpc) is 2.63. The van der Waals surface area contributed by atoms with Gasteiger partial charge in [-0.05, 0) is 30.9 Å². The summed E-state index contributed by atoms with van der Waals surface area (Å²) in [6.07, 6.45) is 7.67. The third kappa shape index (κ3) is 1.98. The Hall–Kier alpha value is -1.31. The number of carbonyl (C=O) groups excluding carboxylic acids is 1. The maximum absolute atomic E-state index is 12.7. The van der Waals surface area contributed by atoms with Crippen LogP contribution in [0, 0.1) is 5.92 Å². The van der Waals surface area contributed by atoms with Gasteiger partial charge in [-0.25, -0.2) is 0 Å². The average molecular weight is 257 g/mol. The van der Waals surface area contributed by atoms with Gasteiger partial charge in [0.05, 0.1) is 5.41 Å². The van der Waals surface area contributed by atoms with E-state index in [1.807, 2.05) is 18.0 Å². The van der Waals surface area contributed by atoms with Crippen molar-refractivity contribution in [2.24, 2.45) is 5.92 Å². The van der Waals surface area contributed by atoms with Crippen LogP contribution in [-0.2, 0) is 10.2 Å². The van der Waals surface area contributed by atoms with E-state index in [0.29, 0.717) is 0 Å². The summed E-state index contributed by atoms with van der Waals surface area (Å²) in [5.74, 6) is 1.00. The summed E-state index contributed by atoms with van der Waals surface area (Å²) in [5.41, 5.74) is 2.03. The molecule has 2 aliphatic rings. The van der Waals surface area contributed by atoms with E-state index in [9.17, 15) is 4.79 Å². The van der Waals surface area contributed by atoms with Gasteiger partial charge in [-0.1, -0.05) is 50.3 Å². The zero-order valence-corrected chi connectivity index (χ0v) is 12.0. The van der Waals surface area contributed by atoms with E-state index < -0.39 is 0 Å². The highest BCUT2D eigenvalue weighted by Gasteiger charge is 2.46. The molecule has 0 spiro atoms. The fourth-order valence-corrected chi connectivity index (χ4v) is 3.99. The Morgan fingerprint density at radius 2 is 1.89 bits per heavy atom. The van der Waals surface area contributed by atoms with Gasteiger partial charge < -0.3 is 4.90 Å². The lowest BCUT2D eigenvalue weighted by Crippen LogP contribution is -2.38. The maximum Gasteiger partial charge on any atom is 0.237 e. The Labute approximate surface area is 115 Å². The van der Waals surface area contributed by atoms with Gasteiger partial charge in [-0.2, -0.15) is 0 Å². The van der Waals surface area contributed by atoms with Crippen molar-refractivity contribution in [3.63, 3.8) is 0 Å². The summed E-state index contributed by atoms with van der Waals surface area (Å²) in [7, 11) is 1.91. The molecule has 1 aromatic rings. The normalized spacial score (nSPS) is 27.7. The molecule has 0 N–H and O–H groups in total. The van der Waals surface area contributed by atoms with Crippen LogP contribution in [0.2, 0.25) is 0 Å². The molecule has 0 saturated heterocycles. The second-order valence-electron chi connectivity index (χ2n) is 6.42. The van der Waals surface area contributed by atoms with Crippen molar-refractivity contribution >= 4 is 11.6 Å². The molecule has 1 aliphatic carbocycles. The number of likely N-dealkylation sites (N-methyl/N-ethyl adjacent to an activating group) is 1. The molecule has 1 heterocycles. The number of nitrogens with zero attached hydrogens (tertiary/aromatic N) is 1. The standard InChI is InChI=1S/C17H23NO/c1-17(12-13-8-4-3-5-9-13)14-10-6-7-11-15(14)18(2)16(17)19/h6-7,10-11,13H,3-5,8-9,12H2,1-2H3/t17-/m1/s1. The minimum Gasteiger partial charge on any atom is -0.314 e. The van der Waals surface area contributed by atoms with Crippen molar-refractivity contribution in [3.05, 3.63) is 29.8 Å². The van der Waals surface area contributed by atoms with Crippen LogP contribution in [0.25, 0.3) is 0 Å². The van der Waals surface area contributed by atoms with E-state index in [-0.39, 0.29) is 11.3 Å². The van der Waals surface area contributed by atoms with Crippen LogP contribution in [0.5, 0.6) is 0 Å². The summed E-state index contributed by atoms with van der Waals surface area (Å²) in [5, 5.41) is 0. The van der Waals surface area contributed by atoms with Crippen LogP contribution in [0.15, 0.2) is 24.3 Å². The molecule has 1 amide bonds. The predicted molar refractivity (Wildman–Crippen MR) is 78.4 cm³/mol. The van der Waals surface area contributed by atoms with E-state index in [4.69, 9.17) is 0 Å². The van der Waals surface area contributed by atoms with E-state index in [2.05, 4.69) is 25.1 Å². The Morgan fingerprint density at radius 1 is 1.21 bits per heavy atom. The molecule has 1 saturated carbocycles. The van der Waals surface area contributed by atoms with Gasteiger partial charge in [0.15, 0.2) is 0 Å². The largest absolute Gasteiger partial charge is 0.314 e. The monoisotopic (exact) mass is 257 g/mol. The van der Waals surface area contributed by atoms with Crippen molar-refractivity contribution in [2.45, 2.75) is 50.9 Å². The zero-order valence-electron chi connectivity index (χ0n) is 12.0. The molecule has 0 unspecified atom stereocenters. The first-order valence-corrected chi connectivity index (χ1v) is 7.50. The van der Waals surface area contributed by atoms with Crippen LogP contribution in [0.1, 0.15) is 51.0 Å². The number of carbonyl (C=O) groups is 1. The Balaban J connectivity index is 1.91. The third-order valence-corrected chi connectivity index (χ3v) is 5.06.